The molecule has 0 aliphatic carbocycles. The van der Waals surface area contributed by atoms with E-state index in [9.17, 15) is 23.9 Å². The Morgan fingerprint density at radius 2 is 1.92 bits per heavy atom. The van der Waals surface area contributed by atoms with Gasteiger partial charge in [0.25, 0.3) is 5.78 Å². The van der Waals surface area contributed by atoms with E-state index in [1.54, 1.807) is 0 Å². The van der Waals surface area contributed by atoms with Gasteiger partial charge in [-0.3, -0.25) is 9.59 Å². The van der Waals surface area contributed by atoms with Gasteiger partial charge in [0.1, 0.15) is 11.6 Å². The molecular weight excluding hydrogens is 333 g/mol. The lowest BCUT2D eigenvalue weighted by atomic mass is 10.1. The van der Waals surface area contributed by atoms with Crippen molar-refractivity contribution < 1.29 is 33.0 Å². The van der Waals surface area contributed by atoms with Crippen molar-refractivity contribution in [3.05, 3.63) is 64.8 Å². The zero-order valence-corrected chi connectivity index (χ0v) is 13.4. The molecule has 2 rings (SSSR count). The van der Waals surface area contributed by atoms with Gasteiger partial charge in [0, 0.05) is 19.4 Å². The van der Waals surface area contributed by atoms with Crippen LogP contribution in [-0.4, -0.2) is 34.7 Å². The fraction of sp³-hybridized carbons (Fsp3) is 0.176. The van der Waals surface area contributed by atoms with Gasteiger partial charge in [0.2, 0.25) is 5.78 Å². The van der Waals surface area contributed by atoms with Gasteiger partial charge in [0.05, 0.1) is 7.11 Å². The third-order valence-electron chi connectivity index (χ3n) is 3.18. The number of hydrogen-bond acceptors (Lipinski definition) is 7. The maximum absolute atomic E-state index is 13.0. The van der Waals surface area contributed by atoms with Crippen molar-refractivity contribution in [2.45, 2.75) is 13.3 Å². The predicted octanol–water partition coefficient (Wildman–Crippen LogP) is 2.08. The summed E-state index contributed by atoms with van der Waals surface area (Å²) in [5.41, 5.74) is 0.453. The van der Waals surface area contributed by atoms with Crippen molar-refractivity contribution in [2.24, 2.45) is 0 Å². The highest BCUT2D eigenvalue weighted by atomic mass is 19.1. The van der Waals surface area contributed by atoms with E-state index in [-0.39, 0.29) is 23.8 Å². The Morgan fingerprint density at radius 1 is 1.28 bits per heavy atom. The molecule has 0 fully saturated rings. The lowest BCUT2D eigenvalue weighted by molar-refractivity contribution is -0.149. The summed E-state index contributed by atoms with van der Waals surface area (Å²) >= 11 is 0. The van der Waals surface area contributed by atoms with Crippen LogP contribution in [0.2, 0.25) is 0 Å². The maximum Gasteiger partial charge on any atom is 0.378 e. The number of aliphatic hydroxyl groups is 1. The molecule has 0 amide bonds. The van der Waals surface area contributed by atoms with E-state index in [1.165, 1.54) is 31.2 Å². The number of oxazole rings is 1. The molecule has 0 saturated carbocycles. The van der Waals surface area contributed by atoms with Gasteiger partial charge in [0.15, 0.2) is 17.3 Å². The van der Waals surface area contributed by atoms with E-state index >= 15 is 0 Å². The summed E-state index contributed by atoms with van der Waals surface area (Å²) in [4.78, 5) is 38.6. The Labute approximate surface area is 141 Å². The second-order valence-electron chi connectivity index (χ2n) is 5.02. The summed E-state index contributed by atoms with van der Waals surface area (Å²) in [6, 6.07) is 5.54. The highest BCUT2D eigenvalue weighted by Crippen LogP contribution is 2.18. The Bertz CT molecular complexity index is 851. The molecule has 0 radical (unpaired) electrons. The summed E-state index contributed by atoms with van der Waals surface area (Å²) < 4.78 is 22.5. The van der Waals surface area contributed by atoms with Crippen molar-refractivity contribution in [3.8, 4) is 0 Å². The molecule has 0 unspecified atom stereocenters. The number of esters is 1. The SMILES string of the molecule is COC(=O)C(=O)C=C(O)C(=O)c1nc(C)oc1Cc1ccc(F)cc1. The van der Waals surface area contributed by atoms with Crippen LogP contribution in [0.1, 0.15) is 27.7 Å². The van der Waals surface area contributed by atoms with E-state index in [0.717, 1.165) is 7.11 Å². The minimum Gasteiger partial charge on any atom is -0.504 e. The minimum atomic E-state index is -1.22. The van der Waals surface area contributed by atoms with E-state index in [2.05, 4.69) is 9.72 Å². The zero-order chi connectivity index (χ0) is 18.6. The van der Waals surface area contributed by atoms with Gasteiger partial charge in [-0.05, 0) is 17.7 Å². The van der Waals surface area contributed by atoms with Gasteiger partial charge >= 0.3 is 5.97 Å². The number of ether oxygens (including phenoxy) is 1. The Kier molecular flexibility index (Phi) is 5.43. The molecule has 1 heterocycles. The Hall–Kier alpha value is -3.29. The second kappa shape index (κ2) is 7.52. The Morgan fingerprint density at radius 3 is 2.52 bits per heavy atom. The van der Waals surface area contributed by atoms with Crippen LogP contribution in [0.25, 0.3) is 0 Å². The molecule has 0 atom stereocenters. The third-order valence-corrected chi connectivity index (χ3v) is 3.18. The molecule has 1 N–H and O–H groups in total. The molecule has 1 aromatic heterocycles. The smallest absolute Gasteiger partial charge is 0.378 e. The number of rotatable bonds is 6. The topological polar surface area (TPSA) is 107 Å². The van der Waals surface area contributed by atoms with Crippen LogP contribution in [0, 0.1) is 12.7 Å². The lowest BCUT2D eigenvalue weighted by Gasteiger charge is -2.01. The van der Waals surface area contributed by atoms with Crippen LogP contribution in [0.4, 0.5) is 4.39 Å². The molecule has 25 heavy (non-hydrogen) atoms. The molecule has 0 saturated heterocycles. The number of halogens is 1. The number of aromatic nitrogens is 1. The van der Waals surface area contributed by atoms with Crippen molar-refractivity contribution in [1.29, 1.82) is 0 Å². The number of carbonyl (C=O) groups excluding carboxylic acids is 3. The number of carbonyl (C=O) groups is 3. The summed E-state index contributed by atoms with van der Waals surface area (Å²) in [6.45, 7) is 1.51. The molecule has 2 aromatic rings. The number of ketones is 2. The van der Waals surface area contributed by atoms with E-state index < -0.39 is 29.1 Å². The molecule has 0 aliphatic rings. The molecule has 8 heteroatoms. The first-order valence-electron chi connectivity index (χ1n) is 7.10. The number of methoxy groups -OCH3 is 1. The van der Waals surface area contributed by atoms with Crippen LogP contribution in [-0.2, 0) is 20.7 Å². The molecule has 130 valence electrons. The third kappa shape index (κ3) is 4.37. The minimum absolute atomic E-state index is 0.125. The van der Waals surface area contributed by atoms with Gasteiger partial charge in [-0.1, -0.05) is 12.1 Å². The van der Waals surface area contributed by atoms with E-state index in [1.807, 2.05) is 0 Å². The van der Waals surface area contributed by atoms with Crippen LogP contribution in [0.5, 0.6) is 0 Å². The molecule has 7 nitrogen and oxygen atoms in total. The van der Waals surface area contributed by atoms with Gasteiger partial charge in [-0.15, -0.1) is 0 Å². The average molecular weight is 347 g/mol. The number of aliphatic hydroxyl groups excluding tert-OH is 1. The first-order chi connectivity index (χ1) is 11.8. The van der Waals surface area contributed by atoms with Crippen molar-refractivity contribution in [2.75, 3.05) is 7.11 Å². The molecular formula is C17H14FNO6. The highest BCUT2D eigenvalue weighted by molar-refractivity contribution is 6.39. The fourth-order valence-corrected chi connectivity index (χ4v) is 2.02. The normalized spacial score (nSPS) is 11.2. The number of allylic oxidation sites excluding steroid dienone is 1. The van der Waals surface area contributed by atoms with E-state index in [0.29, 0.717) is 11.6 Å². The summed E-state index contributed by atoms with van der Waals surface area (Å²) in [6.07, 6.45) is 0.584. The van der Waals surface area contributed by atoms with Crippen LogP contribution < -0.4 is 0 Å². The monoisotopic (exact) mass is 347 g/mol. The van der Waals surface area contributed by atoms with Gasteiger partial charge < -0.3 is 14.3 Å². The summed E-state index contributed by atoms with van der Waals surface area (Å²) in [5, 5.41) is 9.77. The first-order valence-corrected chi connectivity index (χ1v) is 7.10. The standard InChI is InChI=1S/C17H14FNO6/c1-9-19-15(16(22)12(20)8-13(21)17(23)24-2)14(25-9)7-10-3-5-11(18)6-4-10/h3-6,8,20H,7H2,1-2H3. The average Bonchev–Trinajstić information content (AvgIpc) is 2.95. The lowest BCUT2D eigenvalue weighted by Crippen LogP contribution is -2.15. The van der Waals surface area contributed by atoms with Gasteiger partial charge in [-0.2, -0.15) is 0 Å². The number of benzene rings is 1. The number of hydrogen-bond donors (Lipinski definition) is 1. The molecule has 1 aromatic carbocycles. The first kappa shape index (κ1) is 18.1. The predicted molar refractivity (Wildman–Crippen MR) is 82.5 cm³/mol. The highest BCUT2D eigenvalue weighted by Gasteiger charge is 2.24. The summed E-state index contributed by atoms with van der Waals surface area (Å²) in [7, 11) is 0.995. The van der Waals surface area contributed by atoms with Crippen molar-refractivity contribution in [1.82, 2.24) is 4.98 Å². The molecule has 0 aliphatic heterocycles. The largest absolute Gasteiger partial charge is 0.504 e. The van der Waals surface area contributed by atoms with Crippen LogP contribution in [0.15, 0.2) is 40.5 Å². The van der Waals surface area contributed by atoms with E-state index in [4.69, 9.17) is 4.42 Å². The second-order valence-corrected chi connectivity index (χ2v) is 5.02. The fourth-order valence-electron chi connectivity index (χ4n) is 2.02. The number of Topliss-reactive ketones (excluding diaryl/α,β-unsaturated/α-hetero) is 1. The molecule has 0 bridgehead atoms. The van der Waals surface area contributed by atoms with Crippen molar-refractivity contribution >= 4 is 17.5 Å². The summed E-state index contributed by atoms with van der Waals surface area (Å²) in [5.74, 6) is -4.45. The van der Waals surface area contributed by atoms with Gasteiger partial charge in [-0.25, -0.2) is 14.2 Å². The van der Waals surface area contributed by atoms with Crippen molar-refractivity contribution in [3.63, 3.8) is 0 Å². The van der Waals surface area contributed by atoms with Crippen LogP contribution in [0.3, 0.4) is 0 Å². The number of aryl methyl sites for hydroxylation is 1. The van der Waals surface area contributed by atoms with Crippen LogP contribution >= 0.6 is 0 Å². The quantitative estimate of drug-likeness (QED) is 0.280. The maximum atomic E-state index is 13.0. The molecule has 0 spiro atoms. The number of nitrogens with zero attached hydrogens (tertiary/aromatic N) is 1. The Balaban J connectivity index is 2.28. The zero-order valence-electron chi connectivity index (χ0n) is 13.4.